The zero-order valence-electron chi connectivity index (χ0n) is 9.16. The topological polar surface area (TPSA) is 0 Å². The molecule has 0 aliphatic carbocycles. The number of hydrogen-bond donors (Lipinski definition) is 1. The first kappa shape index (κ1) is 11.6. The molecule has 0 amide bonds. The summed E-state index contributed by atoms with van der Waals surface area (Å²) in [7, 11) is 0. The van der Waals surface area contributed by atoms with Crippen molar-refractivity contribution in [1.29, 1.82) is 0 Å². The molecule has 0 nitrogen and oxygen atoms in total. The van der Waals surface area contributed by atoms with E-state index in [9.17, 15) is 0 Å². The number of aryl methyl sites for hydroxylation is 1. The molecule has 1 aromatic carbocycles. The normalized spacial score (nSPS) is 12.8. The van der Waals surface area contributed by atoms with Crippen molar-refractivity contribution in [3.05, 3.63) is 35.4 Å². The van der Waals surface area contributed by atoms with Crippen molar-refractivity contribution in [2.75, 3.05) is 5.75 Å². The highest BCUT2D eigenvalue weighted by molar-refractivity contribution is 7.80. The van der Waals surface area contributed by atoms with Crippen LogP contribution in [0.25, 0.3) is 0 Å². The van der Waals surface area contributed by atoms with Crippen LogP contribution < -0.4 is 0 Å². The summed E-state index contributed by atoms with van der Waals surface area (Å²) in [6.07, 6.45) is 3.59. The zero-order valence-corrected chi connectivity index (χ0v) is 10.1. The first-order chi connectivity index (χ1) is 6.77. The van der Waals surface area contributed by atoms with E-state index in [-0.39, 0.29) is 0 Å². The number of rotatable bonds is 5. The molecule has 0 saturated carbocycles. The van der Waals surface area contributed by atoms with Gasteiger partial charge < -0.3 is 0 Å². The van der Waals surface area contributed by atoms with Gasteiger partial charge in [-0.1, -0.05) is 44.5 Å². The molecule has 0 aromatic heterocycles. The predicted octanol–water partition coefficient (Wildman–Crippen LogP) is 4.06. The van der Waals surface area contributed by atoms with Crippen LogP contribution in [0.1, 0.15) is 43.7 Å². The van der Waals surface area contributed by atoms with Crippen LogP contribution in [0.3, 0.4) is 0 Å². The number of thiol groups is 1. The van der Waals surface area contributed by atoms with Crippen LogP contribution in [-0.2, 0) is 6.42 Å². The maximum absolute atomic E-state index is 4.26. The summed E-state index contributed by atoms with van der Waals surface area (Å²) in [4.78, 5) is 0. The molecule has 0 saturated heterocycles. The maximum Gasteiger partial charge on any atom is -0.00922 e. The van der Waals surface area contributed by atoms with E-state index in [4.69, 9.17) is 0 Å². The van der Waals surface area contributed by atoms with Crippen molar-refractivity contribution in [2.24, 2.45) is 0 Å². The molecule has 0 radical (unpaired) electrons. The average molecular weight is 208 g/mol. The van der Waals surface area contributed by atoms with Crippen molar-refractivity contribution < 1.29 is 0 Å². The van der Waals surface area contributed by atoms with Gasteiger partial charge >= 0.3 is 0 Å². The molecule has 0 N–H and O–H groups in total. The summed E-state index contributed by atoms with van der Waals surface area (Å²) < 4.78 is 0. The van der Waals surface area contributed by atoms with Crippen molar-refractivity contribution in [3.63, 3.8) is 0 Å². The Morgan fingerprint density at radius 1 is 1.21 bits per heavy atom. The van der Waals surface area contributed by atoms with Crippen LogP contribution >= 0.6 is 12.6 Å². The van der Waals surface area contributed by atoms with E-state index >= 15 is 0 Å². The van der Waals surface area contributed by atoms with Crippen LogP contribution in [-0.4, -0.2) is 5.75 Å². The van der Waals surface area contributed by atoms with Gasteiger partial charge in [0.15, 0.2) is 0 Å². The second-order valence-corrected chi connectivity index (χ2v) is 4.35. The third-order valence-corrected chi connectivity index (χ3v) is 2.91. The van der Waals surface area contributed by atoms with Gasteiger partial charge in [-0.3, -0.25) is 0 Å². The van der Waals surface area contributed by atoms with Crippen molar-refractivity contribution in [3.8, 4) is 0 Å². The van der Waals surface area contributed by atoms with Gasteiger partial charge in [0, 0.05) is 0 Å². The minimum Gasteiger partial charge on any atom is -0.179 e. The fourth-order valence-electron chi connectivity index (χ4n) is 1.66. The van der Waals surface area contributed by atoms with Gasteiger partial charge in [0.05, 0.1) is 0 Å². The van der Waals surface area contributed by atoms with Gasteiger partial charge in [0.25, 0.3) is 0 Å². The van der Waals surface area contributed by atoms with E-state index < -0.39 is 0 Å². The van der Waals surface area contributed by atoms with Crippen molar-refractivity contribution in [2.45, 2.75) is 39.0 Å². The Morgan fingerprint density at radius 2 is 1.86 bits per heavy atom. The van der Waals surface area contributed by atoms with Crippen LogP contribution in [0.5, 0.6) is 0 Å². The maximum atomic E-state index is 4.26. The Morgan fingerprint density at radius 3 is 2.36 bits per heavy atom. The Labute approximate surface area is 93.1 Å². The van der Waals surface area contributed by atoms with Crippen molar-refractivity contribution >= 4 is 12.6 Å². The molecule has 0 heterocycles. The second kappa shape index (κ2) is 6.13. The Balaban J connectivity index is 2.62. The van der Waals surface area contributed by atoms with Gasteiger partial charge in [0.2, 0.25) is 0 Å². The minimum atomic E-state index is 0.642. The highest BCUT2D eigenvalue weighted by Gasteiger charge is 2.03. The summed E-state index contributed by atoms with van der Waals surface area (Å²) in [5.41, 5.74) is 2.90. The van der Waals surface area contributed by atoms with Crippen LogP contribution in [0.15, 0.2) is 24.3 Å². The molecule has 14 heavy (non-hydrogen) atoms. The molecule has 1 aromatic rings. The Hall–Kier alpha value is -0.430. The molecule has 0 aliphatic rings. The Bertz CT molecular complexity index is 250. The summed E-state index contributed by atoms with van der Waals surface area (Å²) in [5.74, 6) is 1.61. The minimum absolute atomic E-state index is 0.642. The molecular weight excluding hydrogens is 188 g/mol. The van der Waals surface area contributed by atoms with Gasteiger partial charge in [-0.25, -0.2) is 0 Å². The van der Waals surface area contributed by atoms with Crippen LogP contribution in [0, 0.1) is 0 Å². The molecule has 1 rings (SSSR count). The van der Waals surface area contributed by atoms with Crippen molar-refractivity contribution in [1.82, 2.24) is 0 Å². The lowest BCUT2D eigenvalue weighted by Crippen LogP contribution is -1.94. The number of hydrogen-bond acceptors (Lipinski definition) is 1. The van der Waals surface area contributed by atoms with Gasteiger partial charge in [-0.05, 0) is 35.6 Å². The largest absolute Gasteiger partial charge is 0.179 e. The van der Waals surface area contributed by atoms with Gasteiger partial charge in [-0.15, -0.1) is 0 Å². The fraction of sp³-hybridized carbons (Fsp3) is 0.538. The summed E-state index contributed by atoms with van der Waals surface area (Å²) in [6, 6.07) is 9.04. The van der Waals surface area contributed by atoms with E-state index in [1.165, 1.54) is 24.0 Å². The standard InChI is InChI=1S/C13H20S/c1-3-4-12-5-7-13(8-6-12)11(2)9-10-14/h5-8,11,14H,3-4,9-10H2,1-2H3. The van der Waals surface area contributed by atoms with E-state index in [1.54, 1.807) is 0 Å². The zero-order chi connectivity index (χ0) is 10.4. The molecule has 0 aliphatic heterocycles. The fourth-order valence-corrected chi connectivity index (χ4v) is 2.05. The lowest BCUT2D eigenvalue weighted by atomic mass is 9.97. The van der Waals surface area contributed by atoms with E-state index in [1.807, 2.05) is 0 Å². The average Bonchev–Trinajstić information content (AvgIpc) is 2.20. The van der Waals surface area contributed by atoms with E-state index in [0.29, 0.717) is 5.92 Å². The van der Waals surface area contributed by atoms with Crippen LogP contribution in [0.2, 0.25) is 0 Å². The summed E-state index contributed by atoms with van der Waals surface area (Å²) >= 11 is 4.26. The molecule has 78 valence electrons. The molecular formula is C13H20S. The molecule has 1 heteroatoms. The second-order valence-electron chi connectivity index (χ2n) is 3.90. The van der Waals surface area contributed by atoms with Crippen LogP contribution in [0.4, 0.5) is 0 Å². The lowest BCUT2D eigenvalue weighted by molar-refractivity contribution is 0.741. The first-order valence-corrected chi connectivity index (χ1v) is 6.10. The molecule has 0 bridgehead atoms. The molecule has 0 fully saturated rings. The number of benzene rings is 1. The summed E-state index contributed by atoms with van der Waals surface area (Å²) in [6.45, 7) is 4.49. The first-order valence-electron chi connectivity index (χ1n) is 5.47. The third kappa shape index (κ3) is 3.38. The highest BCUT2D eigenvalue weighted by atomic mass is 32.1. The van der Waals surface area contributed by atoms with Gasteiger partial charge in [-0.2, -0.15) is 12.6 Å². The lowest BCUT2D eigenvalue weighted by Gasteiger charge is -2.10. The van der Waals surface area contributed by atoms with E-state index in [0.717, 1.165) is 12.2 Å². The smallest absolute Gasteiger partial charge is 0.00922 e. The quantitative estimate of drug-likeness (QED) is 0.693. The summed E-state index contributed by atoms with van der Waals surface area (Å²) in [5, 5.41) is 0. The monoisotopic (exact) mass is 208 g/mol. The molecule has 0 spiro atoms. The Kier molecular flexibility index (Phi) is 5.10. The highest BCUT2D eigenvalue weighted by Crippen LogP contribution is 2.20. The SMILES string of the molecule is CCCc1ccc(C(C)CCS)cc1. The van der Waals surface area contributed by atoms with E-state index in [2.05, 4.69) is 50.7 Å². The molecule has 1 atom stereocenters. The molecule has 1 unspecified atom stereocenters. The third-order valence-electron chi connectivity index (χ3n) is 2.65. The predicted molar refractivity (Wildman–Crippen MR) is 67.3 cm³/mol. The van der Waals surface area contributed by atoms with Gasteiger partial charge in [0.1, 0.15) is 0 Å².